The van der Waals surface area contributed by atoms with Crippen LogP contribution in [0.3, 0.4) is 0 Å². The van der Waals surface area contributed by atoms with Gasteiger partial charge >= 0.3 is 0 Å². The van der Waals surface area contributed by atoms with Crippen LogP contribution >= 0.6 is 0 Å². The van der Waals surface area contributed by atoms with E-state index in [9.17, 15) is 17.6 Å². The lowest BCUT2D eigenvalue weighted by Crippen LogP contribution is -2.46. The summed E-state index contributed by atoms with van der Waals surface area (Å²) in [5, 5.41) is 3.23. The fourth-order valence-corrected chi connectivity index (χ4v) is 4.88. The van der Waals surface area contributed by atoms with Gasteiger partial charge in [0.15, 0.2) is 21.4 Å². The zero-order valence-electron chi connectivity index (χ0n) is 17.7. The molecule has 2 heterocycles. The Bertz CT molecular complexity index is 1180. The van der Waals surface area contributed by atoms with Gasteiger partial charge in [-0.15, -0.1) is 0 Å². The van der Waals surface area contributed by atoms with Crippen LogP contribution in [0.5, 0.6) is 11.5 Å². The molecule has 1 fully saturated rings. The third-order valence-electron chi connectivity index (χ3n) is 5.90. The fraction of sp³-hybridized carbons (Fsp3) is 0.348. The van der Waals surface area contributed by atoms with E-state index in [1.54, 1.807) is 43.6 Å². The zero-order chi connectivity index (χ0) is 22.3. The van der Waals surface area contributed by atoms with Crippen LogP contribution in [0.15, 0.2) is 47.5 Å². The van der Waals surface area contributed by atoms with Gasteiger partial charge in [0, 0.05) is 31.0 Å². The van der Waals surface area contributed by atoms with E-state index in [0.717, 1.165) is 18.2 Å². The number of rotatable bonds is 5. The molecule has 2 aliphatic rings. The molecule has 0 radical (unpaired) electrons. The zero-order valence-corrected chi connectivity index (χ0v) is 18.5. The molecule has 0 aromatic heterocycles. The van der Waals surface area contributed by atoms with E-state index in [1.807, 2.05) is 6.92 Å². The van der Waals surface area contributed by atoms with Gasteiger partial charge in [-0.25, -0.2) is 12.8 Å². The minimum atomic E-state index is -3.47. The number of halogens is 1. The minimum absolute atomic E-state index is 0.0327. The van der Waals surface area contributed by atoms with Gasteiger partial charge in [-0.3, -0.25) is 4.79 Å². The molecule has 0 aliphatic carbocycles. The van der Waals surface area contributed by atoms with Crippen molar-refractivity contribution in [3.8, 4) is 11.5 Å². The van der Waals surface area contributed by atoms with Crippen molar-refractivity contribution in [2.24, 2.45) is 5.92 Å². The SMILES string of the molecule is CCc1cccc(Oc2ccc(S(C)(=O)=O)cc2C2=CN(C)C(=O)C3NCCC23)c1F. The van der Waals surface area contributed by atoms with E-state index in [4.69, 9.17) is 4.74 Å². The highest BCUT2D eigenvalue weighted by Crippen LogP contribution is 2.42. The molecule has 0 spiro atoms. The number of fused-ring (bicyclic) bond motifs is 1. The molecule has 0 bridgehead atoms. The van der Waals surface area contributed by atoms with E-state index < -0.39 is 15.7 Å². The molecule has 31 heavy (non-hydrogen) atoms. The maximum Gasteiger partial charge on any atom is 0.244 e. The maximum atomic E-state index is 14.8. The first-order valence-electron chi connectivity index (χ1n) is 10.2. The molecule has 2 aliphatic heterocycles. The van der Waals surface area contributed by atoms with Gasteiger partial charge < -0.3 is 15.0 Å². The number of nitrogens with zero attached hydrogens (tertiary/aromatic N) is 1. The van der Waals surface area contributed by atoms with Gasteiger partial charge in [0.25, 0.3) is 0 Å². The number of hydrogen-bond acceptors (Lipinski definition) is 5. The Labute approximate surface area is 181 Å². The lowest BCUT2D eigenvalue weighted by Gasteiger charge is -2.32. The molecule has 164 valence electrons. The Hall–Kier alpha value is -2.71. The van der Waals surface area contributed by atoms with Crippen LogP contribution in [0.2, 0.25) is 0 Å². The average molecular weight is 445 g/mol. The number of likely N-dealkylation sites (N-methyl/N-ethyl adjacent to an activating group) is 1. The molecule has 2 aromatic rings. The molecule has 6 nitrogen and oxygen atoms in total. The van der Waals surface area contributed by atoms with Crippen LogP contribution in [-0.2, 0) is 21.1 Å². The van der Waals surface area contributed by atoms with Gasteiger partial charge in [-0.2, -0.15) is 0 Å². The van der Waals surface area contributed by atoms with Crippen molar-refractivity contribution in [1.29, 1.82) is 0 Å². The molecule has 4 rings (SSSR count). The summed E-state index contributed by atoms with van der Waals surface area (Å²) in [6, 6.07) is 9.17. The normalized spacial score (nSPS) is 21.1. The molecule has 0 saturated carbocycles. The molecule has 2 unspecified atom stereocenters. The van der Waals surface area contributed by atoms with Crippen molar-refractivity contribution >= 4 is 21.3 Å². The highest BCUT2D eigenvalue weighted by Gasteiger charge is 2.41. The number of nitrogens with one attached hydrogen (secondary N) is 1. The summed E-state index contributed by atoms with van der Waals surface area (Å²) in [6.07, 6.45) is 4.13. The minimum Gasteiger partial charge on any atom is -0.454 e. The van der Waals surface area contributed by atoms with Gasteiger partial charge in [0.1, 0.15) is 5.75 Å². The lowest BCUT2D eigenvalue weighted by atomic mass is 9.84. The van der Waals surface area contributed by atoms with E-state index in [2.05, 4.69) is 5.32 Å². The van der Waals surface area contributed by atoms with E-state index >= 15 is 0 Å². The van der Waals surface area contributed by atoms with Crippen molar-refractivity contribution in [3.05, 3.63) is 59.5 Å². The van der Waals surface area contributed by atoms with Crippen molar-refractivity contribution in [2.75, 3.05) is 19.8 Å². The van der Waals surface area contributed by atoms with Crippen molar-refractivity contribution < 1.29 is 22.3 Å². The second-order valence-corrected chi connectivity index (χ2v) is 9.99. The van der Waals surface area contributed by atoms with Crippen molar-refractivity contribution in [3.63, 3.8) is 0 Å². The first-order valence-corrected chi connectivity index (χ1v) is 12.1. The van der Waals surface area contributed by atoms with Gasteiger partial charge in [0.05, 0.1) is 10.9 Å². The Morgan fingerprint density at radius 3 is 2.71 bits per heavy atom. The van der Waals surface area contributed by atoms with Crippen molar-refractivity contribution in [1.82, 2.24) is 10.2 Å². The molecule has 1 amide bonds. The topological polar surface area (TPSA) is 75.7 Å². The van der Waals surface area contributed by atoms with Gasteiger partial charge in [0.2, 0.25) is 5.91 Å². The summed E-state index contributed by atoms with van der Waals surface area (Å²) >= 11 is 0. The van der Waals surface area contributed by atoms with Gasteiger partial charge in [-0.05, 0) is 54.8 Å². The largest absolute Gasteiger partial charge is 0.454 e. The number of hydrogen-bond donors (Lipinski definition) is 1. The van der Waals surface area contributed by atoms with Crippen LogP contribution in [0.4, 0.5) is 4.39 Å². The highest BCUT2D eigenvalue weighted by atomic mass is 32.2. The van der Waals surface area contributed by atoms with Crippen LogP contribution in [-0.4, -0.2) is 45.1 Å². The number of ether oxygens (including phenoxy) is 1. The van der Waals surface area contributed by atoms with Crippen LogP contribution in [0.25, 0.3) is 5.57 Å². The smallest absolute Gasteiger partial charge is 0.244 e. The molecular weight excluding hydrogens is 419 g/mol. The Kier molecular flexibility index (Phi) is 5.61. The summed E-state index contributed by atoms with van der Waals surface area (Å²) in [5.41, 5.74) is 1.88. The van der Waals surface area contributed by atoms with Crippen LogP contribution in [0, 0.1) is 11.7 Å². The summed E-state index contributed by atoms with van der Waals surface area (Å²) in [6.45, 7) is 2.54. The van der Waals surface area contributed by atoms with E-state index in [0.29, 0.717) is 29.8 Å². The molecule has 1 saturated heterocycles. The predicted octanol–water partition coefficient (Wildman–Crippen LogP) is 3.37. The quantitative estimate of drug-likeness (QED) is 0.765. The highest BCUT2D eigenvalue weighted by molar-refractivity contribution is 7.90. The van der Waals surface area contributed by atoms with E-state index in [1.165, 1.54) is 11.0 Å². The van der Waals surface area contributed by atoms with Crippen LogP contribution < -0.4 is 10.1 Å². The number of amides is 1. The van der Waals surface area contributed by atoms with E-state index in [-0.39, 0.29) is 28.5 Å². The number of carbonyl (C=O) groups is 1. The Morgan fingerprint density at radius 2 is 2.00 bits per heavy atom. The number of aryl methyl sites for hydroxylation is 1. The molecule has 2 aromatic carbocycles. The van der Waals surface area contributed by atoms with Crippen molar-refractivity contribution in [2.45, 2.75) is 30.7 Å². The standard InChI is InChI=1S/C23H25FN2O4S/c1-4-14-6-5-7-20(21(14)24)30-19-9-8-15(31(3,28)29)12-17(19)18-13-26(2)23(27)22-16(18)10-11-25-22/h5-9,12-13,16,22,25H,4,10-11H2,1-3H3. The van der Waals surface area contributed by atoms with Crippen LogP contribution in [0.1, 0.15) is 24.5 Å². The Balaban J connectivity index is 1.86. The first-order chi connectivity index (χ1) is 14.7. The summed E-state index contributed by atoms with van der Waals surface area (Å²) in [7, 11) is -1.80. The van der Waals surface area contributed by atoms with Gasteiger partial charge in [-0.1, -0.05) is 19.1 Å². The summed E-state index contributed by atoms with van der Waals surface area (Å²) < 4.78 is 45.3. The Morgan fingerprint density at radius 1 is 1.23 bits per heavy atom. The molecule has 1 N–H and O–H groups in total. The summed E-state index contributed by atoms with van der Waals surface area (Å²) in [5.74, 6) is -0.162. The molecule has 8 heteroatoms. The average Bonchev–Trinajstić information content (AvgIpc) is 3.22. The molecule has 2 atom stereocenters. The number of sulfone groups is 1. The maximum absolute atomic E-state index is 14.8. The monoisotopic (exact) mass is 444 g/mol. The second kappa shape index (κ2) is 8.09. The summed E-state index contributed by atoms with van der Waals surface area (Å²) in [4.78, 5) is 14.2. The number of benzene rings is 2. The fourth-order valence-electron chi connectivity index (χ4n) is 4.24. The molecular formula is C23H25FN2O4S. The first kappa shape index (κ1) is 21.5. The lowest BCUT2D eigenvalue weighted by molar-refractivity contribution is -0.130. The third-order valence-corrected chi connectivity index (χ3v) is 7.01. The predicted molar refractivity (Wildman–Crippen MR) is 116 cm³/mol. The second-order valence-electron chi connectivity index (χ2n) is 7.98. The third kappa shape index (κ3) is 3.97. The number of carbonyl (C=O) groups excluding carboxylic acids is 1.